The number of hydrogen-bond donors (Lipinski definition) is 2. The molecule has 1 rings (SSSR count). The first kappa shape index (κ1) is 14.6. The summed E-state index contributed by atoms with van der Waals surface area (Å²) in [5, 5.41) is 2.59. The predicted octanol–water partition coefficient (Wildman–Crippen LogP) is 0.690. The maximum absolute atomic E-state index is 12.9. The molecule has 1 amide bonds. The summed E-state index contributed by atoms with van der Waals surface area (Å²) in [6.45, 7) is 2.19. The van der Waals surface area contributed by atoms with E-state index < -0.39 is 22.5 Å². The van der Waals surface area contributed by atoms with E-state index in [0.717, 1.165) is 12.3 Å². The Morgan fingerprint density at radius 3 is 2.94 bits per heavy atom. The smallest absolute Gasteiger partial charge is 0.255 e. The Bertz CT molecular complexity index is 468. The first-order valence-electron chi connectivity index (χ1n) is 5.43. The van der Waals surface area contributed by atoms with E-state index >= 15 is 0 Å². The summed E-state index contributed by atoms with van der Waals surface area (Å²) in [7, 11) is -0.926. The quantitative estimate of drug-likeness (QED) is 0.826. The lowest BCUT2D eigenvalue weighted by Crippen LogP contribution is -2.28. The number of hydrogen-bond acceptors (Lipinski definition) is 4. The van der Waals surface area contributed by atoms with Crippen molar-refractivity contribution in [2.24, 2.45) is 0 Å². The summed E-state index contributed by atoms with van der Waals surface area (Å²) >= 11 is 0. The summed E-state index contributed by atoms with van der Waals surface area (Å²) in [6.07, 6.45) is 3.15. The number of carbonyl (C=O) groups excluding carboxylic acids is 1. The van der Waals surface area contributed by atoms with Crippen LogP contribution >= 0.6 is 0 Å². The Labute approximate surface area is 107 Å². The maximum Gasteiger partial charge on any atom is 0.255 e. The highest BCUT2D eigenvalue weighted by molar-refractivity contribution is 7.84. The summed E-state index contributed by atoms with van der Waals surface area (Å²) in [5.41, 5.74) is 5.50. The van der Waals surface area contributed by atoms with Crippen LogP contribution in [-0.4, -0.2) is 33.2 Å². The van der Waals surface area contributed by atoms with Crippen LogP contribution in [0.1, 0.15) is 23.7 Å². The van der Waals surface area contributed by atoms with Gasteiger partial charge in [-0.2, -0.15) is 0 Å². The molecule has 2 unspecified atom stereocenters. The average molecular weight is 273 g/mol. The van der Waals surface area contributed by atoms with Gasteiger partial charge in [0, 0.05) is 28.9 Å². The molecule has 1 aromatic heterocycles. The van der Waals surface area contributed by atoms with Gasteiger partial charge in [0.05, 0.1) is 11.8 Å². The molecule has 0 spiro atoms. The van der Waals surface area contributed by atoms with Gasteiger partial charge >= 0.3 is 0 Å². The SMILES string of the molecule is CC(CCNC(=O)c1cc(F)cnc1N)S(C)=O. The van der Waals surface area contributed by atoms with Gasteiger partial charge in [0.15, 0.2) is 0 Å². The summed E-state index contributed by atoms with van der Waals surface area (Å²) in [4.78, 5) is 15.3. The molecule has 1 aromatic rings. The lowest BCUT2D eigenvalue weighted by molar-refractivity contribution is 0.0953. The van der Waals surface area contributed by atoms with Crippen LogP contribution < -0.4 is 11.1 Å². The maximum atomic E-state index is 12.9. The van der Waals surface area contributed by atoms with Crippen LogP contribution in [0.4, 0.5) is 10.2 Å². The van der Waals surface area contributed by atoms with Crippen LogP contribution in [0.25, 0.3) is 0 Å². The molecule has 0 radical (unpaired) electrons. The number of amides is 1. The minimum absolute atomic E-state index is 0.00622. The third kappa shape index (κ3) is 4.06. The number of aromatic nitrogens is 1. The first-order chi connectivity index (χ1) is 8.41. The number of halogens is 1. The minimum Gasteiger partial charge on any atom is -0.383 e. The number of anilines is 1. The van der Waals surface area contributed by atoms with Crippen LogP contribution in [0.15, 0.2) is 12.3 Å². The van der Waals surface area contributed by atoms with Crippen LogP contribution in [0.5, 0.6) is 0 Å². The Hall–Kier alpha value is -1.50. The van der Waals surface area contributed by atoms with E-state index in [1.807, 2.05) is 6.92 Å². The Kier molecular flexibility index (Phi) is 5.21. The highest BCUT2D eigenvalue weighted by atomic mass is 32.2. The number of nitrogens with zero attached hydrogens (tertiary/aromatic N) is 1. The van der Waals surface area contributed by atoms with Crippen molar-refractivity contribution in [2.75, 3.05) is 18.5 Å². The van der Waals surface area contributed by atoms with Gasteiger partial charge in [0.2, 0.25) is 0 Å². The van der Waals surface area contributed by atoms with Crippen LogP contribution in [0, 0.1) is 5.82 Å². The number of rotatable bonds is 5. The fourth-order valence-corrected chi connectivity index (χ4v) is 1.73. The molecule has 0 aliphatic carbocycles. The molecule has 0 aliphatic heterocycles. The Morgan fingerprint density at radius 1 is 1.67 bits per heavy atom. The van der Waals surface area contributed by atoms with E-state index in [1.165, 1.54) is 0 Å². The van der Waals surface area contributed by atoms with Crippen molar-refractivity contribution in [1.82, 2.24) is 10.3 Å². The second kappa shape index (κ2) is 6.44. The van der Waals surface area contributed by atoms with Gasteiger partial charge in [-0.15, -0.1) is 0 Å². The second-order valence-electron chi connectivity index (χ2n) is 3.94. The lowest BCUT2D eigenvalue weighted by atomic mass is 10.2. The zero-order valence-electron chi connectivity index (χ0n) is 10.3. The highest BCUT2D eigenvalue weighted by Gasteiger charge is 2.12. The molecule has 7 heteroatoms. The predicted molar refractivity (Wildman–Crippen MR) is 69.1 cm³/mol. The third-order valence-electron chi connectivity index (χ3n) is 2.53. The van der Waals surface area contributed by atoms with Gasteiger partial charge in [-0.1, -0.05) is 6.92 Å². The molecule has 0 saturated carbocycles. The zero-order chi connectivity index (χ0) is 13.7. The molecule has 0 aliphatic rings. The molecule has 0 saturated heterocycles. The Balaban J connectivity index is 2.55. The number of nitrogens with one attached hydrogen (secondary N) is 1. The van der Waals surface area contributed by atoms with Gasteiger partial charge in [0.1, 0.15) is 11.6 Å². The minimum atomic E-state index is -0.926. The monoisotopic (exact) mass is 273 g/mol. The lowest BCUT2D eigenvalue weighted by Gasteiger charge is -2.10. The van der Waals surface area contributed by atoms with E-state index in [9.17, 15) is 13.4 Å². The van der Waals surface area contributed by atoms with Crippen molar-refractivity contribution in [3.63, 3.8) is 0 Å². The Morgan fingerprint density at radius 2 is 2.33 bits per heavy atom. The van der Waals surface area contributed by atoms with E-state index in [0.29, 0.717) is 13.0 Å². The summed E-state index contributed by atoms with van der Waals surface area (Å²) in [6, 6.07) is 1.04. The van der Waals surface area contributed by atoms with Crippen molar-refractivity contribution in [1.29, 1.82) is 0 Å². The van der Waals surface area contributed by atoms with Crippen LogP contribution in [0.3, 0.4) is 0 Å². The molecule has 0 bridgehead atoms. The summed E-state index contributed by atoms with van der Waals surface area (Å²) in [5.74, 6) is -1.10. The number of nitrogens with two attached hydrogens (primary N) is 1. The number of nitrogen functional groups attached to an aromatic ring is 1. The molecule has 0 fully saturated rings. The molecular formula is C11H16FN3O2S. The normalized spacial score (nSPS) is 13.9. The van der Waals surface area contributed by atoms with Crippen molar-refractivity contribution in [3.8, 4) is 0 Å². The molecule has 1 heterocycles. The van der Waals surface area contributed by atoms with Crippen molar-refractivity contribution < 1.29 is 13.4 Å². The van der Waals surface area contributed by atoms with Crippen molar-refractivity contribution in [2.45, 2.75) is 18.6 Å². The number of carbonyl (C=O) groups is 1. The topological polar surface area (TPSA) is 85.1 Å². The van der Waals surface area contributed by atoms with E-state index in [2.05, 4.69) is 10.3 Å². The molecule has 100 valence electrons. The van der Waals surface area contributed by atoms with E-state index in [1.54, 1.807) is 6.26 Å². The molecular weight excluding hydrogens is 257 g/mol. The summed E-state index contributed by atoms with van der Waals surface area (Å²) < 4.78 is 24.0. The van der Waals surface area contributed by atoms with Crippen LogP contribution in [-0.2, 0) is 10.8 Å². The molecule has 5 nitrogen and oxygen atoms in total. The van der Waals surface area contributed by atoms with Gasteiger partial charge in [-0.3, -0.25) is 9.00 Å². The van der Waals surface area contributed by atoms with Gasteiger partial charge in [-0.05, 0) is 12.5 Å². The zero-order valence-corrected chi connectivity index (χ0v) is 11.1. The third-order valence-corrected chi connectivity index (χ3v) is 3.90. The second-order valence-corrected chi connectivity index (χ2v) is 5.74. The number of pyridine rings is 1. The van der Waals surface area contributed by atoms with Crippen molar-refractivity contribution in [3.05, 3.63) is 23.6 Å². The van der Waals surface area contributed by atoms with Crippen LogP contribution in [0.2, 0.25) is 0 Å². The fourth-order valence-electron chi connectivity index (χ4n) is 1.28. The van der Waals surface area contributed by atoms with E-state index in [-0.39, 0.29) is 16.6 Å². The van der Waals surface area contributed by atoms with Gasteiger partial charge < -0.3 is 11.1 Å². The molecule has 0 aromatic carbocycles. The van der Waals surface area contributed by atoms with E-state index in [4.69, 9.17) is 5.73 Å². The van der Waals surface area contributed by atoms with Gasteiger partial charge in [-0.25, -0.2) is 9.37 Å². The molecule has 2 atom stereocenters. The largest absolute Gasteiger partial charge is 0.383 e. The average Bonchev–Trinajstić information content (AvgIpc) is 2.31. The highest BCUT2D eigenvalue weighted by Crippen LogP contribution is 2.09. The fraction of sp³-hybridized carbons (Fsp3) is 0.455. The molecule has 18 heavy (non-hydrogen) atoms. The first-order valence-corrected chi connectivity index (χ1v) is 7.05. The molecule has 3 N–H and O–H groups in total. The van der Waals surface area contributed by atoms with Gasteiger partial charge in [0.25, 0.3) is 5.91 Å². The van der Waals surface area contributed by atoms with Crippen molar-refractivity contribution >= 4 is 22.5 Å². The standard InChI is InChI=1S/C11H16FN3O2S/c1-7(18(2)17)3-4-14-11(16)9-5-8(12)6-15-10(9)13/h5-7H,3-4H2,1-2H3,(H2,13,15)(H,14,16).